The number of hydrogen-bond acceptors (Lipinski definition) is 8. The minimum absolute atomic E-state index is 0.0164. The van der Waals surface area contributed by atoms with Crippen LogP contribution < -0.4 is 33.2 Å². The molecule has 0 spiro atoms. The number of rotatable bonds is 15. The molecule has 1 aromatic carbocycles. The van der Waals surface area contributed by atoms with Crippen molar-refractivity contribution in [3.05, 3.63) is 48.0 Å². The Morgan fingerprint density at radius 3 is 2.23 bits per heavy atom. The number of carbonyl (C=O) groups excluding carboxylic acids is 3. The number of amides is 3. The van der Waals surface area contributed by atoms with Gasteiger partial charge in [0.05, 0.1) is 12.4 Å². The van der Waals surface area contributed by atoms with Crippen LogP contribution >= 0.6 is 0 Å². The molecular weight excluding hydrogens is 510 g/mol. The van der Waals surface area contributed by atoms with E-state index in [-0.39, 0.29) is 37.5 Å². The highest BCUT2D eigenvalue weighted by molar-refractivity contribution is 5.94. The number of phenolic OH excluding ortho intramolecular Hbond substituents is 1. The molecule has 0 aliphatic heterocycles. The molecule has 0 saturated heterocycles. The lowest BCUT2D eigenvalue weighted by Gasteiger charge is -2.25. The van der Waals surface area contributed by atoms with Crippen LogP contribution in [0, 0.1) is 0 Å². The minimum atomic E-state index is -1.25. The SMILES string of the molecule is C[C@H](NC(=O)[C@H](CCCN=C(N)N)NC(=O)[C@H](Cc1ccc(O)cc1)NC(=O)[C@@H](N)Cc1cnc[nH]1)C(=O)O. The third-order valence-electron chi connectivity index (χ3n) is 5.65. The van der Waals surface area contributed by atoms with Gasteiger partial charge in [-0.2, -0.15) is 0 Å². The summed E-state index contributed by atoms with van der Waals surface area (Å²) in [4.78, 5) is 60.9. The first-order valence-corrected chi connectivity index (χ1v) is 12.2. The predicted octanol–water partition coefficient (Wildman–Crippen LogP) is -2.16. The van der Waals surface area contributed by atoms with Gasteiger partial charge in [0.1, 0.15) is 23.9 Å². The Morgan fingerprint density at radius 1 is 1.00 bits per heavy atom. The van der Waals surface area contributed by atoms with E-state index in [4.69, 9.17) is 22.3 Å². The lowest BCUT2D eigenvalue weighted by molar-refractivity contribution is -0.141. The fourth-order valence-corrected chi connectivity index (χ4v) is 3.50. The number of aliphatic imine (C=N–C) groups is 1. The average Bonchev–Trinajstić information content (AvgIpc) is 3.39. The van der Waals surface area contributed by atoms with E-state index in [1.54, 1.807) is 12.1 Å². The summed E-state index contributed by atoms with van der Waals surface area (Å²) < 4.78 is 0. The van der Waals surface area contributed by atoms with Crippen LogP contribution in [0.1, 0.15) is 31.0 Å². The van der Waals surface area contributed by atoms with E-state index in [9.17, 15) is 24.3 Å². The monoisotopic (exact) mass is 545 g/mol. The number of imidazole rings is 1. The lowest BCUT2D eigenvalue weighted by Crippen LogP contribution is -2.57. The summed E-state index contributed by atoms with van der Waals surface area (Å²) >= 11 is 0. The van der Waals surface area contributed by atoms with Crippen LogP contribution in [0.5, 0.6) is 5.75 Å². The Kier molecular flexibility index (Phi) is 11.7. The summed E-state index contributed by atoms with van der Waals surface area (Å²) in [6.07, 6.45) is 3.51. The number of aromatic hydroxyl groups is 1. The topological polar surface area (TPSA) is 264 Å². The average molecular weight is 546 g/mol. The maximum absolute atomic E-state index is 13.4. The molecular formula is C24H35N9O6. The van der Waals surface area contributed by atoms with Crippen molar-refractivity contribution in [2.24, 2.45) is 22.2 Å². The smallest absolute Gasteiger partial charge is 0.325 e. The van der Waals surface area contributed by atoms with E-state index >= 15 is 0 Å². The van der Waals surface area contributed by atoms with Gasteiger partial charge in [0.25, 0.3) is 0 Å². The van der Waals surface area contributed by atoms with Gasteiger partial charge in [-0.3, -0.25) is 24.2 Å². The molecule has 2 aromatic rings. The van der Waals surface area contributed by atoms with E-state index < -0.39 is 47.9 Å². The van der Waals surface area contributed by atoms with Gasteiger partial charge in [0.15, 0.2) is 5.96 Å². The van der Waals surface area contributed by atoms with E-state index in [0.29, 0.717) is 17.7 Å². The zero-order valence-electron chi connectivity index (χ0n) is 21.5. The summed E-state index contributed by atoms with van der Waals surface area (Å²) in [7, 11) is 0. The Labute approximate surface area is 224 Å². The van der Waals surface area contributed by atoms with Gasteiger partial charge >= 0.3 is 5.97 Å². The van der Waals surface area contributed by atoms with Crippen LogP contribution in [0.15, 0.2) is 41.8 Å². The first-order valence-electron chi connectivity index (χ1n) is 12.2. The number of carboxylic acid groups (broad SMARTS) is 1. The number of phenols is 1. The van der Waals surface area contributed by atoms with Crippen molar-refractivity contribution >= 4 is 29.7 Å². The summed E-state index contributed by atoms with van der Waals surface area (Å²) in [6.45, 7) is 1.46. The van der Waals surface area contributed by atoms with Gasteiger partial charge in [-0.25, -0.2) is 4.98 Å². The number of H-pyrrole nitrogens is 1. The van der Waals surface area contributed by atoms with E-state index in [1.807, 2.05) is 0 Å². The van der Waals surface area contributed by atoms with Crippen molar-refractivity contribution in [3.63, 3.8) is 0 Å². The fraction of sp³-hybridized carbons (Fsp3) is 0.417. The molecule has 212 valence electrons. The van der Waals surface area contributed by atoms with Crippen LogP contribution in [0.25, 0.3) is 0 Å². The van der Waals surface area contributed by atoms with Crippen LogP contribution in [0.4, 0.5) is 0 Å². The molecule has 15 heteroatoms. The molecule has 15 nitrogen and oxygen atoms in total. The molecule has 0 fully saturated rings. The second-order valence-corrected chi connectivity index (χ2v) is 8.90. The van der Waals surface area contributed by atoms with Gasteiger partial charge in [-0.05, 0) is 37.5 Å². The molecule has 0 bridgehead atoms. The second kappa shape index (κ2) is 14.9. The minimum Gasteiger partial charge on any atom is -0.508 e. The number of nitrogens with zero attached hydrogens (tertiary/aromatic N) is 2. The number of benzene rings is 1. The maximum atomic E-state index is 13.4. The van der Waals surface area contributed by atoms with Crippen LogP contribution in [0.2, 0.25) is 0 Å². The number of hydrogen-bond donors (Lipinski definition) is 9. The van der Waals surface area contributed by atoms with Gasteiger partial charge in [0, 0.05) is 31.3 Å². The third kappa shape index (κ3) is 10.7. The van der Waals surface area contributed by atoms with E-state index in [1.165, 1.54) is 31.6 Å². The largest absolute Gasteiger partial charge is 0.508 e. The van der Waals surface area contributed by atoms with E-state index in [0.717, 1.165) is 0 Å². The molecule has 2 rings (SSSR count). The Hall–Kier alpha value is -4.66. The number of aromatic amines is 1. The molecule has 1 aromatic heterocycles. The van der Waals surface area contributed by atoms with Crippen LogP contribution in [0.3, 0.4) is 0 Å². The summed E-state index contributed by atoms with van der Waals surface area (Å²) in [6, 6.07) is 1.53. The Balaban J connectivity index is 2.21. The molecule has 4 atom stereocenters. The number of nitrogens with one attached hydrogen (secondary N) is 4. The van der Waals surface area contributed by atoms with Crippen molar-refractivity contribution in [2.45, 2.75) is 56.8 Å². The number of guanidine groups is 1. The predicted molar refractivity (Wildman–Crippen MR) is 141 cm³/mol. The van der Waals surface area contributed by atoms with Crippen molar-refractivity contribution < 1.29 is 29.4 Å². The quantitative estimate of drug-likeness (QED) is 0.0664. The standard InChI is InChI=1S/C24H35N9O6/c1-13(23(38)39)31-21(36)18(3-2-8-29-24(26)27)32-22(37)19(9-14-4-6-16(34)7-5-14)33-20(35)17(25)10-15-11-28-12-30-15/h4-7,11-13,17-19,34H,2-3,8-10,25H2,1H3,(H,28,30)(H,31,36)(H,32,37)(H,33,35)(H,38,39)(H4,26,27,29)/t13-,17-,18-,19-/m0/s1. The Bertz CT molecular complexity index is 1130. The van der Waals surface area contributed by atoms with Crippen molar-refractivity contribution in [2.75, 3.05) is 6.54 Å². The van der Waals surface area contributed by atoms with Gasteiger partial charge in [-0.15, -0.1) is 0 Å². The zero-order valence-corrected chi connectivity index (χ0v) is 21.5. The normalized spacial score (nSPS) is 13.8. The molecule has 0 saturated carbocycles. The third-order valence-corrected chi connectivity index (χ3v) is 5.65. The summed E-state index contributed by atoms with van der Waals surface area (Å²) in [5, 5.41) is 26.3. The van der Waals surface area contributed by atoms with Crippen LogP contribution in [-0.4, -0.2) is 80.5 Å². The van der Waals surface area contributed by atoms with Crippen molar-refractivity contribution in [1.29, 1.82) is 0 Å². The highest BCUT2D eigenvalue weighted by Gasteiger charge is 2.29. The van der Waals surface area contributed by atoms with Crippen molar-refractivity contribution in [1.82, 2.24) is 25.9 Å². The van der Waals surface area contributed by atoms with Crippen molar-refractivity contribution in [3.8, 4) is 5.75 Å². The Morgan fingerprint density at radius 2 is 1.64 bits per heavy atom. The van der Waals surface area contributed by atoms with E-state index in [2.05, 4.69) is 30.9 Å². The molecule has 0 unspecified atom stereocenters. The fourth-order valence-electron chi connectivity index (χ4n) is 3.50. The lowest BCUT2D eigenvalue weighted by atomic mass is 10.0. The summed E-state index contributed by atoms with van der Waals surface area (Å²) in [5.74, 6) is -3.41. The zero-order chi connectivity index (χ0) is 28.9. The van der Waals surface area contributed by atoms with Gasteiger partial charge < -0.3 is 48.3 Å². The first-order chi connectivity index (χ1) is 18.5. The van der Waals surface area contributed by atoms with Gasteiger partial charge in [-0.1, -0.05) is 12.1 Å². The number of carboxylic acids is 1. The highest BCUT2D eigenvalue weighted by Crippen LogP contribution is 2.12. The molecule has 1 heterocycles. The molecule has 3 amide bonds. The summed E-state index contributed by atoms with van der Waals surface area (Å²) in [5.41, 5.74) is 17.9. The molecule has 39 heavy (non-hydrogen) atoms. The second-order valence-electron chi connectivity index (χ2n) is 8.90. The molecule has 12 N–H and O–H groups in total. The molecule has 0 aliphatic rings. The maximum Gasteiger partial charge on any atom is 0.325 e. The molecule has 0 aliphatic carbocycles. The van der Waals surface area contributed by atoms with Crippen LogP contribution in [-0.2, 0) is 32.0 Å². The first kappa shape index (κ1) is 30.6. The molecule has 0 radical (unpaired) electrons. The highest BCUT2D eigenvalue weighted by atomic mass is 16.4. The number of aliphatic carboxylic acids is 1. The number of nitrogens with two attached hydrogens (primary N) is 3. The van der Waals surface area contributed by atoms with Gasteiger partial charge in [0.2, 0.25) is 17.7 Å². The number of carbonyl (C=O) groups is 4. The number of aromatic nitrogens is 2.